The molecule has 0 saturated carbocycles. The molecule has 4 heteroatoms. The third kappa shape index (κ3) is 44.4. The molecule has 0 saturated heterocycles. The summed E-state index contributed by atoms with van der Waals surface area (Å²) in [6.45, 7) is 4.53. The van der Waals surface area contributed by atoms with Gasteiger partial charge in [0.2, 0.25) is 0 Å². The average Bonchev–Trinajstić information content (AvgIpc) is 0.918. The van der Waals surface area contributed by atoms with Gasteiger partial charge in [-0.2, -0.15) is 0 Å². The smallest absolute Gasteiger partial charge is 0.0135 e. The first-order valence-electron chi connectivity index (χ1n) is 1.41. The van der Waals surface area contributed by atoms with Crippen molar-refractivity contribution < 1.29 is 50.7 Å². The van der Waals surface area contributed by atoms with Crippen LogP contribution in [0.15, 0.2) is 0 Å². The second-order valence-corrected chi connectivity index (χ2v) is 2.12. The van der Waals surface area contributed by atoms with Gasteiger partial charge in [-0.05, 0) is 0 Å². The van der Waals surface area contributed by atoms with Gasteiger partial charge in [-0.3, -0.25) is 0 Å². The summed E-state index contributed by atoms with van der Waals surface area (Å²) in [5.41, 5.74) is 0. The van der Waals surface area contributed by atoms with Crippen molar-refractivity contribution in [2.45, 2.75) is 13.1 Å². The van der Waals surface area contributed by atoms with Gasteiger partial charge in [0.15, 0.2) is 0 Å². The molecule has 0 bridgehead atoms. The van der Waals surface area contributed by atoms with Crippen LogP contribution < -0.4 is 24.8 Å². The zero-order chi connectivity index (χ0) is 2.71. The molecular formula is C2H8Cl2HfSi-2. The van der Waals surface area contributed by atoms with Crippen LogP contribution in [0, 0.1) is 0 Å². The van der Waals surface area contributed by atoms with Gasteiger partial charge in [-0.15, -0.1) is 0 Å². The van der Waals surface area contributed by atoms with Crippen molar-refractivity contribution in [1.82, 2.24) is 0 Å². The van der Waals surface area contributed by atoms with Crippen LogP contribution in [0.5, 0.6) is 0 Å². The average molecular weight is 310 g/mol. The van der Waals surface area contributed by atoms with Crippen LogP contribution in [0.2, 0.25) is 13.1 Å². The van der Waals surface area contributed by atoms with E-state index in [4.69, 9.17) is 0 Å². The minimum atomic E-state index is 0. The molecule has 0 aromatic heterocycles. The predicted molar refractivity (Wildman–Crippen MR) is 20.3 cm³/mol. The van der Waals surface area contributed by atoms with E-state index in [1.807, 2.05) is 0 Å². The van der Waals surface area contributed by atoms with E-state index in [0.29, 0.717) is 9.52 Å². The van der Waals surface area contributed by atoms with Gasteiger partial charge >= 0.3 is 0 Å². The molecule has 0 aliphatic carbocycles. The van der Waals surface area contributed by atoms with Crippen LogP contribution in [-0.4, -0.2) is 9.52 Å². The largest absolute Gasteiger partial charge is 1.00 e. The zero-order valence-corrected chi connectivity index (χ0v) is 10.5. The molecule has 40 valence electrons. The Morgan fingerprint density at radius 3 is 1.00 bits per heavy atom. The Morgan fingerprint density at radius 2 is 1.00 bits per heavy atom. The zero-order valence-electron chi connectivity index (χ0n) is 3.96. The van der Waals surface area contributed by atoms with Gasteiger partial charge in [0.25, 0.3) is 0 Å². The molecule has 0 spiro atoms. The Balaban J connectivity index is -0.00000000667. The molecule has 6 heavy (non-hydrogen) atoms. The summed E-state index contributed by atoms with van der Waals surface area (Å²) in [4.78, 5) is 0. The van der Waals surface area contributed by atoms with Crippen molar-refractivity contribution in [2.75, 3.05) is 0 Å². The fourth-order valence-electron chi connectivity index (χ4n) is 0. The van der Waals surface area contributed by atoms with E-state index in [2.05, 4.69) is 13.1 Å². The summed E-state index contributed by atoms with van der Waals surface area (Å²) < 4.78 is 0. The summed E-state index contributed by atoms with van der Waals surface area (Å²) in [5.74, 6) is 0. The SMILES string of the molecule is C[SiH2]C.[Cl-].[Cl-].[Hf]. The van der Waals surface area contributed by atoms with Gasteiger partial charge in [-0.1, -0.05) is 13.1 Å². The first-order valence-corrected chi connectivity index (χ1v) is 4.24. The molecule has 0 aromatic carbocycles. The topological polar surface area (TPSA) is 0 Å². The Kier molecular flexibility index (Phi) is 127. The van der Waals surface area contributed by atoms with E-state index in [1.165, 1.54) is 0 Å². The van der Waals surface area contributed by atoms with Crippen LogP contribution in [0.4, 0.5) is 0 Å². The van der Waals surface area contributed by atoms with E-state index < -0.39 is 0 Å². The summed E-state index contributed by atoms with van der Waals surface area (Å²) in [6, 6.07) is 0. The number of hydrogen-bond donors (Lipinski definition) is 0. The molecule has 0 atom stereocenters. The molecular weight excluding hydrogens is 302 g/mol. The van der Waals surface area contributed by atoms with Crippen LogP contribution in [0.1, 0.15) is 0 Å². The molecule has 0 nitrogen and oxygen atoms in total. The van der Waals surface area contributed by atoms with Gasteiger partial charge in [0.05, 0.1) is 0 Å². The Bertz CT molecular complexity index is 11.5. The van der Waals surface area contributed by atoms with Crippen molar-refractivity contribution in [3.8, 4) is 0 Å². The molecule has 0 N–H and O–H groups in total. The second kappa shape index (κ2) is 30.1. The quantitative estimate of drug-likeness (QED) is 0.391. The fraction of sp³-hybridized carbons (Fsp3) is 1.00. The monoisotopic (exact) mass is 310 g/mol. The van der Waals surface area contributed by atoms with E-state index >= 15 is 0 Å². The van der Waals surface area contributed by atoms with E-state index in [-0.39, 0.29) is 50.7 Å². The number of halogens is 2. The van der Waals surface area contributed by atoms with Crippen LogP contribution in [0.3, 0.4) is 0 Å². The molecule has 0 aromatic rings. The minimum absolute atomic E-state index is 0. The molecule has 0 unspecified atom stereocenters. The second-order valence-electron chi connectivity index (χ2n) is 0.707. The minimum Gasteiger partial charge on any atom is -1.00 e. The summed E-state index contributed by atoms with van der Waals surface area (Å²) in [5, 5.41) is 0. The maximum absolute atomic E-state index is 2.26. The molecule has 0 heterocycles. The number of hydrogen-bond acceptors (Lipinski definition) is 0. The third-order valence-corrected chi connectivity index (χ3v) is 0. The summed E-state index contributed by atoms with van der Waals surface area (Å²) in [7, 11) is 0.417. The normalized spacial score (nSPS) is 3.00. The van der Waals surface area contributed by atoms with Crippen molar-refractivity contribution in [3.05, 3.63) is 0 Å². The molecule has 0 aliphatic heterocycles. The maximum Gasteiger partial charge on any atom is 0.0135 e. The molecule has 0 fully saturated rings. The van der Waals surface area contributed by atoms with E-state index in [9.17, 15) is 0 Å². The van der Waals surface area contributed by atoms with Crippen molar-refractivity contribution >= 4 is 9.52 Å². The molecule has 0 aliphatic rings. The van der Waals surface area contributed by atoms with Gasteiger partial charge in [-0.25, -0.2) is 0 Å². The van der Waals surface area contributed by atoms with Crippen molar-refractivity contribution in [2.24, 2.45) is 0 Å². The van der Waals surface area contributed by atoms with E-state index in [0.717, 1.165) is 0 Å². The van der Waals surface area contributed by atoms with Crippen molar-refractivity contribution in [3.63, 3.8) is 0 Å². The van der Waals surface area contributed by atoms with E-state index in [1.54, 1.807) is 0 Å². The van der Waals surface area contributed by atoms with Crippen LogP contribution in [0.25, 0.3) is 0 Å². The fourth-order valence-corrected chi connectivity index (χ4v) is 0. The van der Waals surface area contributed by atoms with Crippen LogP contribution >= 0.6 is 0 Å². The molecule has 0 radical (unpaired) electrons. The molecule has 0 amide bonds. The van der Waals surface area contributed by atoms with Gasteiger partial charge in [0.1, 0.15) is 0 Å². The first-order chi connectivity index (χ1) is 1.41. The Morgan fingerprint density at radius 1 is 1.00 bits per heavy atom. The third-order valence-electron chi connectivity index (χ3n) is 0. The predicted octanol–water partition coefficient (Wildman–Crippen LogP) is -5.74. The van der Waals surface area contributed by atoms with Gasteiger partial charge < -0.3 is 24.8 Å². The standard InChI is InChI=1S/C2H8Si.2ClH.Hf/c1-3-2;;;/h3H2,1-2H3;2*1H;/p-2. The first kappa shape index (κ1) is 25.3. The Hall–Kier alpha value is 1.67. The maximum atomic E-state index is 2.26. The van der Waals surface area contributed by atoms with Gasteiger partial charge in [0, 0.05) is 35.4 Å². The summed E-state index contributed by atoms with van der Waals surface area (Å²) >= 11 is 0. The summed E-state index contributed by atoms with van der Waals surface area (Å²) in [6.07, 6.45) is 0. The number of rotatable bonds is 0. The molecule has 0 rings (SSSR count). The Labute approximate surface area is 72.9 Å². The van der Waals surface area contributed by atoms with Crippen LogP contribution in [-0.2, 0) is 25.8 Å². The van der Waals surface area contributed by atoms with Crippen molar-refractivity contribution in [1.29, 1.82) is 0 Å².